The van der Waals surface area contributed by atoms with Crippen LogP contribution in [0.2, 0.25) is 0 Å². The monoisotopic (exact) mass is 310 g/mol. The normalized spacial score (nSPS) is 16.7. The first-order chi connectivity index (χ1) is 9.99. The Hall–Kier alpha value is -1.62. The van der Waals surface area contributed by atoms with Gasteiger partial charge in [-0.3, -0.25) is 14.9 Å². The molecule has 1 aliphatic carbocycles. The van der Waals surface area contributed by atoms with E-state index in [1.807, 2.05) is 0 Å². The number of alkyl halides is 1. The van der Waals surface area contributed by atoms with Gasteiger partial charge >= 0.3 is 0 Å². The van der Waals surface area contributed by atoms with Gasteiger partial charge in [0.2, 0.25) is 0 Å². The summed E-state index contributed by atoms with van der Waals surface area (Å²) in [5.74, 6) is 0.102. The Bertz CT molecular complexity index is 554. The minimum atomic E-state index is -0.503. The number of carbonyl (C=O) groups excluding carboxylic acids is 1. The predicted octanol–water partition coefficient (Wildman–Crippen LogP) is 3.43. The third-order valence-corrected chi connectivity index (χ3v) is 4.80. The first-order valence-corrected chi connectivity index (χ1v) is 7.61. The molecular weight excluding hydrogens is 292 g/mol. The average molecular weight is 311 g/mol. The van der Waals surface area contributed by atoms with Gasteiger partial charge in [0.1, 0.15) is 5.56 Å². The minimum absolute atomic E-state index is 0.0597. The summed E-state index contributed by atoms with van der Waals surface area (Å²) in [6.45, 7) is 2.10. The van der Waals surface area contributed by atoms with Crippen LogP contribution >= 0.6 is 11.6 Å². The van der Waals surface area contributed by atoms with Crippen LogP contribution < -0.4 is 5.32 Å². The Morgan fingerprint density at radius 3 is 2.67 bits per heavy atom. The van der Waals surface area contributed by atoms with Gasteiger partial charge in [-0.05, 0) is 25.8 Å². The maximum absolute atomic E-state index is 12.3. The van der Waals surface area contributed by atoms with Crippen LogP contribution in [0.4, 0.5) is 5.69 Å². The van der Waals surface area contributed by atoms with Crippen molar-refractivity contribution in [3.63, 3.8) is 0 Å². The number of nitro benzene ring substituents is 1. The zero-order chi connectivity index (χ0) is 15.5. The molecule has 0 saturated heterocycles. The van der Waals surface area contributed by atoms with Crippen molar-refractivity contribution >= 4 is 23.2 Å². The highest BCUT2D eigenvalue weighted by atomic mass is 35.5. The van der Waals surface area contributed by atoms with Gasteiger partial charge in [0, 0.05) is 23.4 Å². The number of aryl methyl sites for hydroxylation is 1. The highest BCUT2D eigenvalue weighted by Gasteiger charge is 2.34. The van der Waals surface area contributed by atoms with Gasteiger partial charge in [-0.25, -0.2) is 0 Å². The van der Waals surface area contributed by atoms with Crippen molar-refractivity contribution in [1.29, 1.82) is 0 Å². The summed E-state index contributed by atoms with van der Waals surface area (Å²) in [7, 11) is 0. The minimum Gasteiger partial charge on any atom is -0.351 e. The zero-order valence-corrected chi connectivity index (χ0v) is 12.8. The third kappa shape index (κ3) is 3.35. The van der Waals surface area contributed by atoms with E-state index < -0.39 is 10.8 Å². The molecule has 1 aromatic rings. The van der Waals surface area contributed by atoms with Crippen molar-refractivity contribution < 1.29 is 9.72 Å². The lowest BCUT2D eigenvalue weighted by Gasteiger charge is -2.26. The number of benzene rings is 1. The highest BCUT2D eigenvalue weighted by Crippen LogP contribution is 2.38. The number of hydrogen-bond donors (Lipinski definition) is 1. The molecular formula is C15H19ClN2O3. The fourth-order valence-electron chi connectivity index (χ4n) is 2.93. The predicted molar refractivity (Wildman–Crippen MR) is 81.8 cm³/mol. The molecule has 2 rings (SSSR count). The Balaban J connectivity index is 2.14. The van der Waals surface area contributed by atoms with Crippen molar-refractivity contribution in [2.45, 2.75) is 32.6 Å². The summed E-state index contributed by atoms with van der Waals surface area (Å²) in [4.78, 5) is 22.9. The molecule has 1 fully saturated rings. The van der Waals surface area contributed by atoms with Crippen LogP contribution in [0, 0.1) is 22.5 Å². The summed E-state index contributed by atoms with van der Waals surface area (Å²) >= 11 is 6.04. The Morgan fingerprint density at radius 2 is 2.10 bits per heavy atom. The van der Waals surface area contributed by atoms with E-state index in [9.17, 15) is 14.9 Å². The van der Waals surface area contributed by atoms with Gasteiger partial charge in [0.25, 0.3) is 11.6 Å². The number of amides is 1. The molecule has 5 nitrogen and oxygen atoms in total. The number of carbonyl (C=O) groups is 1. The van der Waals surface area contributed by atoms with Crippen LogP contribution in [0.25, 0.3) is 0 Å². The van der Waals surface area contributed by atoms with Crippen molar-refractivity contribution in [3.05, 3.63) is 39.4 Å². The van der Waals surface area contributed by atoms with Crippen LogP contribution in [0.1, 0.15) is 41.6 Å². The van der Waals surface area contributed by atoms with Gasteiger partial charge in [-0.15, -0.1) is 11.6 Å². The Labute approximate surface area is 128 Å². The van der Waals surface area contributed by atoms with Gasteiger partial charge in [0.15, 0.2) is 0 Å². The lowest BCUT2D eigenvalue weighted by molar-refractivity contribution is -0.385. The van der Waals surface area contributed by atoms with E-state index in [-0.39, 0.29) is 16.7 Å². The second-order valence-electron chi connectivity index (χ2n) is 5.75. The van der Waals surface area contributed by atoms with Crippen molar-refractivity contribution in [1.82, 2.24) is 5.32 Å². The van der Waals surface area contributed by atoms with Gasteiger partial charge < -0.3 is 5.32 Å². The van der Waals surface area contributed by atoms with Crippen LogP contribution in [0.15, 0.2) is 18.2 Å². The van der Waals surface area contributed by atoms with Crippen molar-refractivity contribution in [2.75, 3.05) is 12.4 Å². The Kier molecular flexibility index (Phi) is 4.83. The zero-order valence-electron chi connectivity index (χ0n) is 12.0. The molecule has 0 heterocycles. The van der Waals surface area contributed by atoms with E-state index in [4.69, 9.17) is 11.6 Å². The van der Waals surface area contributed by atoms with Crippen molar-refractivity contribution in [3.8, 4) is 0 Å². The number of halogens is 1. The standard InChI is InChI=1S/C15H19ClN2O3/c1-11-5-4-6-12(13(11)18(20)21)14(19)17-10-15(9-16)7-2-3-8-15/h4-6H,2-3,7-10H2,1H3,(H,17,19). The second kappa shape index (κ2) is 6.43. The van der Waals surface area contributed by atoms with Gasteiger partial charge in [-0.2, -0.15) is 0 Å². The molecule has 1 saturated carbocycles. The van der Waals surface area contributed by atoms with E-state index in [1.54, 1.807) is 19.1 Å². The van der Waals surface area contributed by atoms with E-state index in [2.05, 4.69) is 5.32 Å². The third-order valence-electron chi connectivity index (χ3n) is 4.24. The van der Waals surface area contributed by atoms with Crippen LogP contribution in [0.5, 0.6) is 0 Å². The molecule has 0 aliphatic heterocycles. The number of nitrogens with one attached hydrogen (secondary N) is 1. The fourth-order valence-corrected chi connectivity index (χ4v) is 3.29. The van der Waals surface area contributed by atoms with Gasteiger partial charge in [-0.1, -0.05) is 25.0 Å². The summed E-state index contributed by atoms with van der Waals surface area (Å²) in [6.07, 6.45) is 4.22. The Morgan fingerprint density at radius 1 is 1.43 bits per heavy atom. The highest BCUT2D eigenvalue weighted by molar-refractivity contribution is 6.18. The maximum Gasteiger partial charge on any atom is 0.285 e. The van der Waals surface area contributed by atoms with E-state index in [0.717, 1.165) is 25.7 Å². The summed E-state index contributed by atoms with van der Waals surface area (Å²) in [6, 6.07) is 4.78. The first kappa shape index (κ1) is 15.8. The molecule has 0 atom stereocenters. The molecule has 1 aromatic carbocycles. The lowest BCUT2D eigenvalue weighted by atomic mass is 9.88. The average Bonchev–Trinajstić information content (AvgIpc) is 2.93. The smallest absolute Gasteiger partial charge is 0.285 e. The molecule has 114 valence electrons. The molecule has 6 heteroatoms. The number of nitro groups is 1. The molecule has 0 bridgehead atoms. The summed E-state index contributed by atoms with van der Waals surface area (Å²) in [5.41, 5.74) is 0.417. The SMILES string of the molecule is Cc1cccc(C(=O)NCC2(CCl)CCCC2)c1[N+](=O)[O-]. The second-order valence-corrected chi connectivity index (χ2v) is 6.02. The molecule has 21 heavy (non-hydrogen) atoms. The summed E-state index contributed by atoms with van der Waals surface area (Å²) < 4.78 is 0. The molecule has 1 N–H and O–H groups in total. The van der Waals surface area contributed by atoms with Crippen LogP contribution in [-0.2, 0) is 0 Å². The van der Waals surface area contributed by atoms with Gasteiger partial charge in [0.05, 0.1) is 4.92 Å². The molecule has 1 amide bonds. The molecule has 0 unspecified atom stereocenters. The van der Waals surface area contributed by atoms with E-state index >= 15 is 0 Å². The number of rotatable bonds is 5. The summed E-state index contributed by atoms with van der Waals surface area (Å²) in [5, 5.41) is 14.0. The molecule has 0 spiro atoms. The first-order valence-electron chi connectivity index (χ1n) is 7.07. The van der Waals surface area contributed by atoms with E-state index in [0.29, 0.717) is 18.0 Å². The number of para-hydroxylation sites is 1. The maximum atomic E-state index is 12.3. The lowest BCUT2D eigenvalue weighted by Crippen LogP contribution is -2.37. The van der Waals surface area contributed by atoms with Crippen LogP contribution in [-0.4, -0.2) is 23.3 Å². The molecule has 0 aromatic heterocycles. The van der Waals surface area contributed by atoms with E-state index in [1.165, 1.54) is 6.07 Å². The number of nitrogens with zero attached hydrogens (tertiary/aromatic N) is 1. The number of hydrogen-bond acceptors (Lipinski definition) is 3. The van der Waals surface area contributed by atoms with Crippen LogP contribution in [0.3, 0.4) is 0 Å². The quantitative estimate of drug-likeness (QED) is 0.514. The molecule has 1 aliphatic rings. The topological polar surface area (TPSA) is 72.2 Å². The molecule has 0 radical (unpaired) electrons. The largest absolute Gasteiger partial charge is 0.351 e. The van der Waals surface area contributed by atoms with Crippen molar-refractivity contribution in [2.24, 2.45) is 5.41 Å². The fraction of sp³-hybridized carbons (Fsp3) is 0.533.